The summed E-state index contributed by atoms with van der Waals surface area (Å²) in [6.45, 7) is 0.941. The molecule has 0 spiro atoms. The van der Waals surface area contributed by atoms with Gasteiger partial charge in [-0.2, -0.15) is 0 Å². The van der Waals surface area contributed by atoms with Gasteiger partial charge in [0.15, 0.2) is 0 Å². The molecule has 5 nitrogen and oxygen atoms in total. The maximum absolute atomic E-state index is 13.1. The monoisotopic (exact) mass is 375 g/mol. The number of carboxylic acids is 1. The number of carbonyl (C=O) groups excluding carboxylic acids is 1. The van der Waals surface area contributed by atoms with Gasteiger partial charge in [0.2, 0.25) is 0 Å². The van der Waals surface area contributed by atoms with E-state index >= 15 is 0 Å². The Morgan fingerprint density at radius 1 is 1.31 bits per heavy atom. The molecule has 1 aromatic heterocycles. The highest BCUT2D eigenvalue weighted by atomic mass is 32.1. The van der Waals surface area contributed by atoms with E-state index in [0.717, 1.165) is 10.4 Å². The number of ether oxygens (including phenoxy) is 1. The van der Waals surface area contributed by atoms with E-state index in [1.165, 1.54) is 23.5 Å². The summed E-state index contributed by atoms with van der Waals surface area (Å²) in [6.07, 6.45) is 1.08. The number of carbonyl (C=O) groups is 2. The molecule has 1 unspecified atom stereocenters. The predicted octanol–water partition coefficient (Wildman–Crippen LogP) is 3.13. The zero-order valence-corrected chi connectivity index (χ0v) is 14.7. The Morgan fingerprint density at radius 2 is 2.08 bits per heavy atom. The molecule has 136 valence electrons. The second-order valence-electron chi connectivity index (χ2n) is 5.93. The average molecular weight is 375 g/mol. The SMILES string of the molecule is O=C(O)CC1CN(C(=O)/C(=C/c2ccc(F)cc2)c2cccs2)CCO1. The standard InChI is InChI=1S/C19H18FNO4S/c20-14-5-3-13(4-6-14)10-16(17-2-1-9-26-17)19(24)21-7-8-25-15(12-21)11-18(22)23/h1-6,9-10,15H,7-8,11-12H2,(H,22,23)/b16-10+. The third kappa shape index (κ3) is 4.56. The van der Waals surface area contributed by atoms with Crippen LogP contribution in [-0.2, 0) is 14.3 Å². The highest BCUT2D eigenvalue weighted by molar-refractivity contribution is 7.11. The second-order valence-corrected chi connectivity index (χ2v) is 6.88. The van der Waals surface area contributed by atoms with Crippen LogP contribution in [0.25, 0.3) is 11.6 Å². The second kappa shape index (κ2) is 8.25. The zero-order valence-electron chi connectivity index (χ0n) is 13.9. The Morgan fingerprint density at radius 3 is 2.73 bits per heavy atom. The first kappa shape index (κ1) is 18.3. The number of hydrogen-bond acceptors (Lipinski definition) is 4. The molecule has 0 bridgehead atoms. The quantitative estimate of drug-likeness (QED) is 0.816. The third-order valence-corrected chi connectivity index (χ3v) is 4.93. The number of nitrogens with zero attached hydrogens (tertiary/aromatic N) is 1. The summed E-state index contributed by atoms with van der Waals surface area (Å²) < 4.78 is 18.6. The van der Waals surface area contributed by atoms with E-state index < -0.39 is 12.1 Å². The van der Waals surface area contributed by atoms with Crippen LogP contribution in [0.4, 0.5) is 4.39 Å². The molecular formula is C19H18FNO4S. The Bertz CT molecular complexity index is 801. The van der Waals surface area contributed by atoms with E-state index in [1.807, 2.05) is 17.5 Å². The fourth-order valence-electron chi connectivity index (χ4n) is 2.79. The Balaban J connectivity index is 1.86. The van der Waals surface area contributed by atoms with Crippen molar-refractivity contribution in [2.45, 2.75) is 12.5 Å². The topological polar surface area (TPSA) is 66.8 Å². The summed E-state index contributed by atoms with van der Waals surface area (Å²) in [7, 11) is 0. The summed E-state index contributed by atoms with van der Waals surface area (Å²) in [5.74, 6) is -1.48. The molecule has 0 saturated carbocycles. The number of thiophene rings is 1. The number of aliphatic carboxylic acids is 1. The van der Waals surface area contributed by atoms with Gasteiger partial charge in [-0.3, -0.25) is 9.59 Å². The molecule has 1 amide bonds. The summed E-state index contributed by atoms with van der Waals surface area (Å²) in [5.41, 5.74) is 1.22. The lowest BCUT2D eigenvalue weighted by Crippen LogP contribution is -2.46. The van der Waals surface area contributed by atoms with Crippen molar-refractivity contribution in [3.63, 3.8) is 0 Å². The van der Waals surface area contributed by atoms with Crippen molar-refractivity contribution < 1.29 is 23.8 Å². The summed E-state index contributed by atoms with van der Waals surface area (Å²) >= 11 is 1.44. The summed E-state index contributed by atoms with van der Waals surface area (Å²) in [5, 5.41) is 10.8. The van der Waals surface area contributed by atoms with Gasteiger partial charge in [0, 0.05) is 18.0 Å². The molecule has 1 aliphatic rings. The lowest BCUT2D eigenvalue weighted by Gasteiger charge is -2.32. The molecule has 1 N–H and O–H groups in total. The van der Waals surface area contributed by atoms with Gasteiger partial charge in [-0.1, -0.05) is 18.2 Å². The maximum Gasteiger partial charge on any atom is 0.306 e. The molecule has 7 heteroatoms. The molecular weight excluding hydrogens is 357 g/mol. The zero-order chi connectivity index (χ0) is 18.5. The maximum atomic E-state index is 13.1. The van der Waals surface area contributed by atoms with E-state index in [2.05, 4.69) is 0 Å². The first-order chi connectivity index (χ1) is 12.5. The van der Waals surface area contributed by atoms with Gasteiger partial charge in [0.25, 0.3) is 5.91 Å². The molecule has 1 aromatic carbocycles. The molecule has 26 heavy (non-hydrogen) atoms. The number of hydrogen-bond donors (Lipinski definition) is 1. The Labute approximate surface area is 154 Å². The predicted molar refractivity (Wildman–Crippen MR) is 97.2 cm³/mol. The van der Waals surface area contributed by atoms with Crippen molar-refractivity contribution in [2.75, 3.05) is 19.7 Å². The van der Waals surface area contributed by atoms with Gasteiger partial charge in [-0.25, -0.2) is 4.39 Å². The molecule has 1 saturated heterocycles. The minimum absolute atomic E-state index is 0.139. The van der Waals surface area contributed by atoms with Crippen LogP contribution in [0, 0.1) is 5.82 Å². The Kier molecular flexibility index (Phi) is 5.80. The van der Waals surface area contributed by atoms with Crippen molar-refractivity contribution in [1.82, 2.24) is 4.90 Å². The van der Waals surface area contributed by atoms with Crippen LogP contribution in [0.2, 0.25) is 0 Å². The summed E-state index contributed by atoms with van der Waals surface area (Å²) in [4.78, 5) is 26.4. The minimum Gasteiger partial charge on any atom is -0.481 e. The number of rotatable bonds is 5. The van der Waals surface area contributed by atoms with E-state index in [-0.39, 0.29) is 24.7 Å². The number of carboxylic acid groups (broad SMARTS) is 1. The van der Waals surface area contributed by atoms with Crippen molar-refractivity contribution in [2.24, 2.45) is 0 Å². The molecule has 1 fully saturated rings. The van der Waals surface area contributed by atoms with Gasteiger partial charge in [-0.05, 0) is 35.2 Å². The number of benzene rings is 1. The smallest absolute Gasteiger partial charge is 0.306 e. The van der Waals surface area contributed by atoms with E-state index in [4.69, 9.17) is 9.84 Å². The highest BCUT2D eigenvalue weighted by Crippen LogP contribution is 2.26. The van der Waals surface area contributed by atoms with Crippen LogP contribution in [0.3, 0.4) is 0 Å². The fraction of sp³-hybridized carbons (Fsp3) is 0.263. The minimum atomic E-state index is -0.954. The first-order valence-electron chi connectivity index (χ1n) is 8.17. The van der Waals surface area contributed by atoms with Crippen LogP contribution in [0.15, 0.2) is 41.8 Å². The van der Waals surface area contributed by atoms with E-state index in [9.17, 15) is 14.0 Å². The van der Waals surface area contributed by atoms with E-state index in [0.29, 0.717) is 18.7 Å². The van der Waals surface area contributed by atoms with Crippen LogP contribution in [0.5, 0.6) is 0 Å². The molecule has 3 rings (SSSR count). The largest absolute Gasteiger partial charge is 0.481 e. The average Bonchev–Trinajstić information content (AvgIpc) is 3.15. The van der Waals surface area contributed by atoms with Crippen LogP contribution >= 0.6 is 11.3 Å². The lowest BCUT2D eigenvalue weighted by atomic mass is 10.1. The third-order valence-electron chi connectivity index (χ3n) is 4.03. The fourth-order valence-corrected chi connectivity index (χ4v) is 3.52. The number of morpholine rings is 1. The first-order valence-corrected chi connectivity index (χ1v) is 9.04. The van der Waals surface area contributed by atoms with Crippen molar-refractivity contribution in [1.29, 1.82) is 0 Å². The van der Waals surface area contributed by atoms with Crippen LogP contribution in [-0.4, -0.2) is 47.7 Å². The van der Waals surface area contributed by atoms with Crippen molar-refractivity contribution >= 4 is 34.9 Å². The molecule has 2 heterocycles. The molecule has 0 radical (unpaired) electrons. The van der Waals surface area contributed by atoms with Gasteiger partial charge in [-0.15, -0.1) is 11.3 Å². The lowest BCUT2D eigenvalue weighted by molar-refractivity contribution is -0.145. The highest BCUT2D eigenvalue weighted by Gasteiger charge is 2.28. The molecule has 0 aliphatic carbocycles. The normalized spacial score (nSPS) is 18.0. The molecule has 2 aromatic rings. The molecule has 1 aliphatic heterocycles. The van der Waals surface area contributed by atoms with Crippen LogP contribution in [0.1, 0.15) is 16.9 Å². The van der Waals surface area contributed by atoms with Gasteiger partial charge in [0.1, 0.15) is 5.82 Å². The van der Waals surface area contributed by atoms with Crippen molar-refractivity contribution in [3.05, 3.63) is 58.0 Å². The number of amides is 1. The van der Waals surface area contributed by atoms with Crippen LogP contribution < -0.4 is 0 Å². The summed E-state index contributed by atoms with van der Waals surface area (Å²) in [6, 6.07) is 9.64. The molecule has 1 atom stereocenters. The van der Waals surface area contributed by atoms with Gasteiger partial charge in [0.05, 0.1) is 24.7 Å². The number of halogens is 1. The van der Waals surface area contributed by atoms with Gasteiger partial charge < -0.3 is 14.7 Å². The van der Waals surface area contributed by atoms with Crippen molar-refractivity contribution in [3.8, 4) is 0 Å². The van der Waals surface area contributed by atoms with Gasteiger partial charge >= 0.3 is 5.97 Å². The van der Waals surface area contributed by atoms with E-state index in [1.54, 1.807) is 23.1 Å². The Hall–Kier alpha value is -2.51.